The summed E-state index contributed by atoms with van der Waals surface area (Å²) in [7, 11) is 0. The summed E-state index contributed by atoms with van der Waals surface area (Å²) in [6.07, 6.45) is 5.10. The maximum Gasteiger partial charge on any atom is 0.103 e. The molecule has 0 aliphatic rings. The van der Waals surface area contributed by atoms with E-state index >= 15 is 0 Å². The average Bonchev–Trinajstić information content (AvgIpc) is 2.15. The van der Waals surface area contributed by atoms with Crippen LogP contribution in [0.3, 0.4) is 0 Å². The topological polar surface area (TPSA) is 35.8 Å². The predicted molar refractivity (Wildman–Crippen MR) is 56.2 cm³/mol. The predicted octanol–water partition coefficient (Wildman–Crippen LogP) is 2.37. The maximum absolute atomic E-state index is 8.83. The van der Waals surface area contributed by atoms with Crippen molar-refractivity contribution in [1.82, 2.24) is 0 Å². The van der Waals surface area contributed by atoms with Crippen LogP contribution in [-0.2, 0) is 0 Å². The second-order valence-corrected chi connectivity index (χ2v) is 3.19. The maximum atomic E-state index is 8.83. The lowest BCUT2D eigenvalue weighted by Gasteiger charge is -2.05. The third-order valence-corrected chi connectivity index (χ3v) is 2.17. The van der Waals surface area contributed by atoms with Crippen LogP contribution in [0, 0.1) is 23.7 Å². The Balaban J connectivity index is 3.02. The van der Waals surface area contributed by atoms with Crippen molar-refractivity contribution in [2.75, 3.05) is 11.9 Å². The number of hydrogen-bond donors (Lipinski definition) is 1. The Morgan fingerprint density at radius 3 is 2.92 bits per heavy atom. The Kier molecular flexibility index (Phi) is 3.37. The van der Waals surface area contributed by atoms with Crippen molar-refractivity contribution in [2.45, 2.75) is 0 Å². The molecule has 0 saturated carbocycles. The lowest BCUT2D eigenvalue weighted by molar-refractivity contribution is 1.35. The van der Waals surface area contributed by atoms with Gasteiger partial charge in [0.1, 0.15) is 6.07 Å². The van der Waals surface area contributed by atoms with Gasteiger partial charge in [-0.15, -0.1) is 6.42 Å². The van der Waals surface area contributed by atoms with Crippen molar-refractivity contribution in [3.05, 3.63) is 28.2 Å². The number of nitrogens with zero attached hydrogens (tertiary/aromatic N) is 1. The smallest absolute Gasteiger partial charge is 0.103 e. The van der Waals surface area contributed by atoms with E-state index in [0.717, 1.165) is 10.2 Å². The molecule has 2 nitrogen and oxygen atoms in total. The van der Waals surface area contributed by atoms with Gasteiger partial charge in [0, 0.05) is 4.47 Å². The van der Waals surface area contributed by atoms with Gasteiger partial charge in [0.05, 0.1) is 17.8 Å². The van der Waals surface area contributed by atoms with Crippen LogP contribution in [0.4, 0.5) is 5.69 Å². The molecule has 0 aliphatic carbocycles. The number of nitriles is 1. The summed E-state index contributed by atoms with van der Waals surface area (Å²) in [6.45, 7) is 0.422. The molecule has 64 valence electrons. The van der Waals surface area contributed by atoms with Gasteiger partial charge in [-0.25, -0.2) is 0 Å². The molecule has 1 N–H and O–H groups in total. The van der Waals surface area contributed by atoms with E-state index in [0.29, 0.717) is 12.1 Å². The van der Waals surface area contributed by atoms with Crippen LogP contribution in [0.25, 0.3) is 0 Å². The first kappa shape index (κ1) is 9.64. The fraction of sp³-hybridized carbons (Fsp3) is 0.100. The van der Waals surface area contributed by atoms with Gasteiger partial charge in [-0.1, -0.05) is 12.0 Å². The highest BCUT2D eigenvalue weighted by Gasteiger charge is 2.03. The molecule has 0 amide bonds. The van der Waals surface area contributed by atoms with Crippen LogP contribution in [-0.4, -0.2) is 6.54 Å². The highest BCUT2D eigenvalue weighted by atomic mass is 79.9. The summed E-state index contributed by atoms with van der Waals surface area (Å²) in [4.78, 5) is 0. The van der Waals surface area contributed by atoms with Crippen LogP contribution in [0.15, 0.2) is 22.7 Å². The van der Waals surface area contributed by atoms with Gasteiger partial charge in [0.2, 0.25) is 0 Å². The Labute approximate surface area is 85.7 Å². The van der Waals surface area contributed by atoms with Crippen LogP contribution in [0.1, 0.15) is 5.56 Å². The van der Waals surface area contributed by atoms with Gasteiger partial charge in [-0.05, 0) is 28.1 Å². The molecule has 0 spiro atoms. The Morgan fingerprint density at radius 2 is 2.31 bits per heavy atom. The molecule has 0 aliphatic heterocycles. The minimum Gasteiger partial charge on any atom is -0.373 e. The van der Waals surface area contributed by atoms with Crippen molar-refractivity contribution >= 4 is 21.6 Å². The van der Waals surface area contributed by atoms with E-state index in [1.165, 1.54) is 0 Å². The molecule has 0 fully saturated rings. The van der Waals surface area contributed by atoms with E-state index in [4.69, 9.17) is 11.7 Å². The van der Waals surface area contributed by atoms with Gasteiger partial charge < -0.3 is 5.32 Å². The number of rotatable bonds is 2. The number of nitrogens with one attached hydrogen (secondary N) is 1. The standard InChI is InChI=1S/C10H7BrN2/c1-2-6-13-10-5-3-4-9(11)8(10)7-12/h1,3-5,13H,6H2. The molecule has 3 heteroatoms. The summed E-state index contributed by atoms with van der Waals surface area (Å²) >= 11 is 3.29. The molecule has 0 unspecified atom stereocenters. The lowest BCUT2D eigenvalue weighted by Crippen LogP contribution is -2.00. The number of anilines is 1. The Morgan fingerprint density at radius 1 is 1.54 bits per heavy atom. The summed E-state index contributed by atoms with van der Waals surface area (Å²) < 4.78 is 0.775. The van der Waals surface area contributed by atoms with E-state index in [2.05, 4.69) is 33.2 Å². The number of hydrogen-bond acceptors (Lipinski definition) is 2. The second kappa shape index (κ2) is 4.54. The second-order valence-electron chi connectivity index (χ2n) is 2.33. The summed E-state index contributed by atoms with van der Waals surface area (Å²) in [5.41, 5.74) is 1.34. The monoisotopic (exact) mass is 234 g/mol. The highest BCUT2D eigenvalue weighted by Crippen LogP contribution is 2.23. The first-order valence-electron chi connectivity index (χ1n) is 3.65. The van der Waals surface area contributed by atoms with E-state index in [1.54, 1.807) is 0 Å². The molecule has 1 rings (SSSR count). The van der Waals surface area contributed by atoms with Gasteiger partial charge >= 0.3 is 0 Å². The largest absolute Gasteiger partial charge is 0.373 e. The van der Waals surface area contributed by atoms with Crippen molar-refractivity contribution in [2.24, 2.45) is 0 Å². The van der Waals surface area contributed by atoms with E-state index < -0.39 is 0 Å². The molecule has 13 heavy (non-hydrogen) atoms. The first-order valence-corrected chi connectivity index (χ1v) is 4.45. The zero-order chi connectivity index (χ0) is 9.68. The zero-order valence-electron chi connectivity index (χ0n) is 6.84. The number of terminal acetylenes is 1. The SMILES string of the molecule is C#CCNc1cccc(Br)c1C#N. The number of halogens is 1. The van der Waals surface area contributed by atoms with Crippen LogP contribution in [0.2, 0.25) is 0 Å². The third kappa shape index (κ3) is 2.24. The minimum atomic E-state index is 0.422. The molecule has 0 saturated heterocycles. The van der Waals surface area contributed by atoms with Crippen molar-refractivity contribution in [3.8, 4) is 18.4 Å². The van der Waals surface area contributed by atoms with Crippen molar-refractivity contribution < 1.29 is 0 Å². The normalized spacial score (nSPS) is 8.54. The van der Waals surface area contributed by atoms with Crippen molar-refractivity contribution in [1.29, 1.82) is 5.26 Å². The molecular formula is C10H7BrN2. The quantitative estimate of drug-likeness (QED) is 0.798. The van der Waals surface area contributed by atoms with Gasteiger partial charge in [-0.3, -0.25) is 0 Å². The number of benzene rings is 1. The molecular weight excluding hydrogens is 228 g/mol. The van der Waals surface area contributed by atoms with Crippen LogP contribution in [0.5, 0.6) is 0 Å². The minimum absolute atomic E-state index is 0.422. The van der Waals surface area contributed by atoms with Crippen molar-refractivity contribution in [3.63, 3.8) is 0 Å². The van der Waals surface area contributed by atoms with E-state index in [1.807, 2.05) is 18.2 Å². The fourth-order valence-corrected chi connectivity index (χ4v) is 1.39. The van der Waals surface area contributed by atoms with Crippen LogP contribution >= 0.6 is 15.9 Å². The summed E-state index contributed by atoms with van der Waals surface area (Å²) in [5.74, 6) is 2.45. The first-order chi connectivity index (χ1) is 6.29. The van der Waals surface area contributed by atoms with Crippen LogP contribution < -0.4 is 5.32 Å². The lowest BCUT2D eigenvalue weighted by atomic mass is 10.2. The van der Waals surface area contributed by atoms with Gasteiger partial charge in [0.25, 0.3) is 0 Å². The Hall–Kier alpha value is -1.45. The summed E-state index contributed by atoms with van der Waals surface area (Å²) in [6, 6.07) is 7.58. The summed E-state index contributed by atoms with van der Waals surface area (Å²) in [5, 5.41) is 11.8. The Bertz CT molecular complexity index is 385. The third-order valence-electron chi connectivity index (χ3n) is 1.51. The molecule has 0 bridgehead atoms. The van der Waals surface area contributed by atoms with Gasteiger partial charge in [0.15, 0.2) is 0 Å². The molecule has 0 radical (unpaired) electrons. The van der Waals surface area contributed by atoms with Gasteiger partial charge in [-0.2, -0.15) is 5.26 Å². The highest BCUT2D eigenvalue weighted by molar-refractivity contribution is 9.10. The molecule has 0 atom stereocenters. The molecule has 1 aromatic carbocycles. The van der Waals surface area contributed by atoms with E-state index in [-0.39, 0.29) is 0 Å². The molecule has 0 aromatic heterocycles. The van der Waals surface area contributed by atoms with E-state index in [9.17, 15) is 0 Å². The fourth-order valence-electron chi connectivity index (χ4n) is 0.931. The average molecular weight is 235 g/mol. The molecule has 0 heterocycles. The zero-order valence-corrected chi connectivity index (χ0v) is 8.43. The molecule has 1 aromatic rings.